The molecule has 0 spiro atoms. The second-order valence-electron chi connectivity index (χ2n) is 6.94. The van der Waals surface area contributed by atoms with Gasteiger partial charge in [-0.05, 0) is 19.3 Å². The van der Waals surface area contributed by atoms with Crippen molar-refractivity contribution in [2.24, 2.45) is 0 Å². The minimum Gasteiger partial charge on any atom is -0.388 e. The van der Waals surface area contributed by atoms with E-state index in [1.54, 1.807) is 6.92 Å². The molecule has 3 rings (SSSR count). The maximum atomic E-state index is 11.9. The van der Waals surface area contributed by atoms with Crippen molar-refractivity contribution in [3.8, 4) is 0 Å². The third-order valence-corrected chi connectivity index (χ3v) is 5.50. The summed E-state index contributed by atoms with van der Waals surface area (Å²) in [6.07, 6.45) is 5.97. The first kappa shape index (κ1) is 15.3. The molecule has 3 saturated heterocycles. The molecular formula is C16H28N2O3. The van der Waals surface area contributed by atoms with Gasteiger partial charge >= 0.3 is 0 Å². The van der Waals surface area contributed by atoms with Crippen LogP contribution in [0.25, 0.3) is 0 Å². The summed E-state index contributed by atoms with van der Waals surface area (Å²) >= 11 is 0. The summed E-state index contributed by atoms with van der Waals surface area (Å²) in [6.45, 7) is 5.67. The molecule has 5 nitrogen and oxygen atoms in total. The minimum atomic E-state index is -0.597. The zero-order chi connectivity index (χ0) is 14.9. The number of nitrogens with zero attached hydrogens (tertiary/aromatic N) is 2. The Morgan fingerprint density at radius 3 is 2.67 bits per heavy atom. The number of carbonyl (C=O) groups excluding carboxylic acids is 1. The van der Waals surface area contributed by atoms with Crippen molar-refractivity contribution in [3.63, 3.8) is 0 Å². The molecule has 3 fully saturated rings. The fourth-order valence-corrected chi connectivity index (χ4v) is 4.31. The van der Waals surface area contributed by atoms with E-state index in [0.717, 1.165) is 51.7 Å². The van der Waals surface area contributed by atoms with E-state index in [0.29, 0.717) is 25.3 Å². The lowest BCUT2D eigenvalue weighted by Gasteiger charge is -2.39. The first-order valence-corrected chi connectivity index (χ1v) is 8.40. The highest BCUT2D eigenvalue weighted by Gasteiger charge is 2.43. The highest BCUT2D eigenvalue weighted by molar-refractivity contribution is 5.73. The van der Waals surface area contributed by atoms with Gasteiger partial charge in [-0.3, -0.25) is 9.69 Å². The van der Waals surface area contributed by atoms with E-state index in [4.69, 9.17) is 4.74 Å². The van der Waals surface area contributed by atoms with E-state index >= 15 is 0 Å². The smallest absolute Gasteiger partial charge is 0.219 e. The van der Waals surface area contributed by atoms with Crippen LogP contribution in [0, 0.1) is 0 Å². The first-order chi connectivity index (χ1) is 10.1. The molecule has 1 N–H and O–H groups in total. The molecule has 120 valence electrons. The highest BCUT2D eigenvalue weighted by Crippen LogP contribution is 2.33. The molecule has 3 heterocycles. The largest absolute Gasteiger partial charge is 0.388 e. The Hall–Kier alpha value is -0.650. The van der Waals surface area contributed by atoms with Gasteiger partial charge in [0.25, 0.3) is 0 Å². The standard InChI is InChI=1S/C16H28N2O3/c1-13(19)18-8-3-2-4-14-15(18)5-9-17(14)12-16(20)6-10-21-11-7-16/h14-15,20H,2-12H2,1H3/t14-,15-/m0/s1. The number of aliphatic hydroxyl groups is 1. The van der Waals surface area contributed by atoms with Crippen LogP contribution in [-0.4, -0.2) is 71.3 Å². The van der Waals surface area contributed by atoms with E-state index in [1.165, 1.54) is 6.42 Å². The van der Waals surface area contributed by atoms with Crippen molar-refractivity contribution in [2.45, 2.75) is 63.1 Å². The quantitative estimate of drug-likeness (QED) is 0.826. The van der Waals surface area contributed by atoms with Crippen LogP contribution in [0.4, 0.5) is 0 Å². The number of carbonyl (C=O) groups is 1. The summed E-state index contributed by atoms with van der Waals surface area (Å²) in [5.74, 6) is 0.207. The van der Waals surface area contributed by atoms with Gasteiger partial charge in [0.2, 0.25) is 5.91 Å². The van der Waals surface area contributed by atoms with Crippen LogP contribution in [-0.2, 0) is 9.53 Å². The zero-order valence-corrected chi connectivity index (χ0v) is 13.1. The predicted octanol–water partition coefficient (Wildman–Crippen LogP) is 1.00. The van der Waals surface area contributed by atoms with Crippen LogP contribution >= 0.6 is 0 Å². The van der Waals surface area contributed by atoms with Gasteiger partial charge in [0.1, 0.15) is 0 Å². The van der Waals surface area contributed by atoms with Gasteiger partial charge in [-0.15, -0.1) is 0 Å². The predicted molar refractivity (Wildman–Crippen MR) is 80.0 cm³/mol. The fraction of sp³-hybridized carbons (Fsp3) is 0.938. The molecule has 3 aliphatic heterocycles. The van der Waals surface area contributed by atoms with Crippen LogP contribution in [0.1, 0.15) is 45.4 Å². The third-order valence-electron chi connectivity index (χ3n) is 5.50. The Balaban J connectivity index is 1.68. The summed E-state index contributed by atoms with van der Waals surface area (Å²) in [7, 11) is 0. The number of fused-ring (bicyclic) bond motifs is 1. The molecule has 0 aromatic carbocycles. The van der Waals surface area contributed by atoms with Crippen molar-refractivity contribution in [1.29, 1.82) is 0 Å². The molecule has 5 heteroatoms. The Bertz CT molecular complexity index is 382. The summed E-state index contributed by atoms with van der Waals surface area (Å²) in [5.41, 5.74) is -0.597. The monoisotopic (exact) mass is 296 g/mol. The van der Waals surface area contributed by atoms with Gasteiger partial charge in [0.05, 0.1) is 5.60 Å². The molecule has 0 bridgehead atoms. The molecule has 2 atom stereocenters. The lowest BCUT2D eigenvalue weighted by molar-refractivity contribution is -0.131. The molecule has 0 aromatic rings. The molecule has 0 aromatic heterocycles. The van der Waals surface area contributed by atoms with Crippen LogP contribution in [0.3, 0.4) is 0 Å². The average Bonchev–Trinajstić information content (AvgIpc) is 2.70. The Kier molecular flexibility index (Phi) is 4.52. The van der Waals surface area contributed by atoms with Gasteiger partial charge in [-0.1, -0.05) is 6.42 Å². The zero-order valence-electron chi connectivity index (χ0n) is 13.1. The van der Waals surface area contributed by atoms with Gasteiger partial charge in [0, 0.05) is 64.7 Å². The number of β-amino-alcohol motifs (C(OH)–C–C–N with tert-alkyl or cyclic N) is 1. The lowest BCUT2D eigenvalue weighted by atomic mass is 9.93. The highest BCUT2D eigenvalue weighted by atomic mass is 16.5. The van der Waals surface area contributed by atoms with E-state index < -0.39 is 5.60 Å². The van der Waals surface area contributed by atoms with Crippen molar-refractivity contribution >= 4 is 5.91 Å². The number of hydrogen-bond donors (Lipinski definition) is 1. The van der Waals surface area contributed by atoms with Crippen LogP contribution in [0.2, 0.25) is 0 Å². The molecule has 0 unspecified atom stereocenters. The second-order valence-corrected chi connectivity index (χ2v) is 6.94. The Morgan fingerprint density at radius 2 is 1.95 bits per heavy atom. The first-order valence-electron chi connectivity index (χ1n) is 8.40. The number of likely N-dealkylation sites (tertiary alicyclic amines) is 2. The molecular weight excluding hydrogens is 268 g/mol. The van der Waals surface area contributed by atoms with Crippen molar-refractivity contribution in [3.05, 3.63) is 0 Å². The SMILES string of the molecule is CC(=O)N1CCCC[C@H]2[C@@H]1CCN2CC1(O)CCOCC1. The van der Waals surface area contributed by atoms with Crippen LogP contribution < -0.4 is 0 Å². The summed E-state index contributed by atoms with van der Waals surface area (Å²) in [4.78, 5) is 16.4. The fourth-order valence-electron chi connectivity index (χ4n) is 4.31. The third kappa shape index (κ3) is 3.25. The van der Waals surface area contributed by atoms with E-state index in [1.807, 2.05) is 0 Å². The number of hydrogen-bond acceptors (Lipinski definition) is 4. The number of amides is 1. The van der Waals surface area contributed by atoms with Crippen LogP contribution in [0.5, 0.6) is 0 Å². The van der Waals surface area contributed by atoms with Crippen molar-refractivity contribution in [1.82, 2.24) is 9.80 Å². The molecule has 0 aliphatic carbocycles. The van der Waals surface area contributed by atoms with Crippen molar-refractivity contribution in [2.75, 3.05) is 32.8 Å². The number of ether oxygens (including phenoxy) is 1. The van der Waals surface area contributed by atoms with Gasteiger partial charge < -0.3 is 14.7 Å². The average molecular weight is 296 g/mol. The summed E-state index contributed by atoms with van der Waals surface area (Å²) in [6, 6.07) is 0.789. The summed E-state index contributed by atoms with van der Waals surface area (Å²) in [5, 5.41) is 10.8. The van der Waals surface area contributed by atoms with E-state index in [-0.39, 0.29) is 5.91 Å². The maximum absolute atomic E-state index is 11.9. The van der Waals surface area contributed by atoms with Gasteiger partial charge in [0.15, 0.2) is 0 Å². The summed E-state index contributed by atoms with van der Waals surface area (Å²) < 4.78 is 5.37. The normalized spacial score (nSPS) is 33.5. The van der Waals surface area contributed by atoms with Gasteiger partial charge in [-0.25, -0.2) is 0 Å². The lowest BCUT2D eigenvalue weighted by Crippen LogP contribution is -2.51. The Labute approximate surface area is 127 Å². The molecule has 1 amide bonds. The Morgan fingerprint density at radius 1 is 1.19 bits per heavy atom. The molecule has 0 radical (unpaired) electrons. The molecule has 0 saturated carbocycles. The minimum absolute atomic E-state index is 0.207. The number of rotatable bonds is 2. The van der Waals surface area contributed by atoms with Gasteiger partial charge in [-0.2, -0.15) is 0 Å². The van der Waals surface area contributed by atoms with E-state index in [9.17, 15) is 9.90 Å². The van der Waals surface area contributed by atoms with Crippen LogP contribution in [0.15, 0.2) is 0 Å². The second kappa shape index (κ2) is 6.23. The molecule has 21 heavy (non-hydrogen) atoms. The molecule has 3 aliphatic rings. The van der Waals surface area contributed by atoms with Crippen molar-refractivity contribution < 1.29 is 14.6 Å². The maximum Gasteiger partial charge on any atom is 0.219 e. The topological polar surface area (TPSA) is 53.0 Å². The van der Waals surface area contributed by atoms with E-state index in [2.05, 4.69) is 9.80 Å².